The van der Waals surface area contributed by atoms with E-state index in [1.165, 1.54) is 39.1 Å². The molecule has 75 heavy (non-hydrogen) atoms. The van der Waals surface area contributed by atoms with Crippen LogP contribution in [-0.2, 0) is 37.9 Å². The first kappa shape index (κ1) is 112. The number of quaternary nitrogens is 1. The fourth-order valence-electron chi connectivity index (χ4n) is 3.19. The fourth-order valence-corrected chi connectivity index (χ4v) is 6.52. The van der Waals surface area contributed by atoms with Gasteiger partial charge < -0.3 is 55.2 Å². The Labute approximate surface area is 574 Å². The van der Waals surface area contributed by atoms with Crippen LogP contribution >= 0.6 is 131 Å². The van der Waals surface area contributed by atoms with Crippen LogP contribution in [0.3, 0.4) is 0 Å². The molecule has 1 saturated heterocycles. The summed E-state index contributed by atoms with van der Waals surface area (Å²) in [6.07, 6.45) is 2.73. The van der Waals surface area contributed by atoms with Crippen LogP contribution < -0.4 is 17.3 Å². The predicted octanol–water partition coefficient (Wildman–Crippen LogP) is 12.1. The molecule has 0 bridgehead atoms. The van der Waals surface area contributed by atoms with E-state index in [-0.39, 0.29) is 12.4 Å². The van der Waals surface area contributed by atoms with Gasteiger partial charge in [-0.2, -0.15) is 0 Å². The second-order valence-corrected chi connectivity index (χ2v) is 56.2. The molecule has 1 unspecified atom stereocenters. The van der Waals surface area contributed by atoms with E-state index >= 15 is 0 Å². The zero-order valence-electron chi connectivity index (χ0n) is 50.0. The minimum Gasteiger partial charge on any atom is -1.00 e. The number of hydrogen-bond acceptors (Lipinski definition) is 11. The molecule has 0 amide bonds. The lowest BCUT2D eigenvalue weighted by Gasteiger charge is -2.10. The van der Waals surface area contributed by atoms with Gasteiger partial charge in [-0.15, -0.1) is 0 Å². The van der Waals surface area contributed by atoms with E-state index in [1.54, 1.807) is 76.0 Å². The first-order valence-corrected chi connectivity index (χ1v) is 60.4. The van der Waals surface area contributed by atoms with E-state index in [2.05, 4.69) is 18.9 Å². The summed E-state index contributed by atoms with van der Waals surface area (Å²) in [5.74, 6) is 0. The maximum Gasteiger partial charge on any atom is 0.643 e. The fraction of sp³-hybridized carbons (Fsp3) is 1.00. The molecule has 452 valence electrons. The summed E-state index contributed by atoms with van der Waals surface area (Å²) in [4.78, 5) is 4.18. The zero-order chi connectivity index (χ0) is 60.9. The normalized spacial score (nSPS) is 10.8. The van der Waals surface area contributed by atoms with E-state index in [0.29, 0.717) is 0 Å². The van der Waals surface area contributed by atoms with Gasteiger partial charge in [0.15, 0.2) is 0 Å². The molecule has 0 aromatic rings. The topological polar surface area (TPSA) is 100.0 Å². The average molecular weight is 1540 g/mol. The molecule has 1 aliphatic heterocycles. The Morgan fingerprint density at radius 3 is 0.547 bits per heavy atom. The number of nitrogens with one attached hydrogen (secondary N) is 1. The molecule has 0 saturated carbocycles. The summed E-state index contributed by atoms with van der Waals surface area (Å²) in [6.45, 7) is 27.9. The Bertz CT molecular complexity index is 713. The number of nitrogens with zero attached hydrogens (tertiary/aromatic N) is 1. The summed E-state index contributed by atoms with van der Waals surface area (Å²) >= 11 is -13.6. The predicted molar refractivity (Wildman–Crippen MR) is 357 cm³/mol. The standard InChI is InChI=1S/C8H18N2.10C2H5.10CH3O.11Al.14ClH/c1-3-4-5-10-7-6-9(2)8-10;20*1-2;;;;;;;;;;;;;;;;;;;;;;;;;/h3-8H2,1-2H3;10*1H2,2H3;10*1H3;;;;;;;;;;;;14*1H/q;;;;;;;;;;;10*-1;10*+2;+3;;;;;;;;;;;;;;/p-13. The Morgan fingerprint density at radius 1 is 0.333 bits per heavy atom. The van der Waals surface area contributed by atoms with Crippen LogP contribution in [-0.4, -0.2) is 256 Å². The van der Waals surface area contributed by atoms with Gasteiger partial charge in [-0.3, -0.25) is 4.90 Å². The second kappa shape index (κ2) is 102. The molecular weight excluding hydrogens is 1440 g/mol. The van der Waals surface area contributed by atoms with Crippen molar-refractivity contribution in [1.82, 2.24) is 4.90 Å². The molecule has 0 aromatic carbocycles. The minimum atomic E-state index is -1.72. The average Bonchev–Trinajstić information content (AvgIpc) is 3.87. The Balaban J connectivity index is -0.0000000580. The number of rotatable bonds is 23. The van der Waals surface area contributed by atoms with Crippen molar-refractivity contribution in [1.29, 1.82) is 0 Å². The molecule has 1 fully saturated rings. The summed E-state index contributed by atoms with van der Waals surface area (Å²) < 4.78 is 48.0. The first-order chi connectivity index (χ1) is 34.6. The van der Waals surface area contributed by atoms with Crippen molar-refractivity contribution in [2.24, 2.45) is 0 Å². The number of hydrogen-bond donors (Lipinski definition) is 1. The van der Waals surface area contributed by atoms with Crippen molar-refractivity contribution in [3.8, 4) is 0 Å². The Kier molecular flexibility index (Phi) is 153. The van der Waals surface area contributed by atoms with Gasteiger partial charge in [0.25, 0.3) is 0 Å². The van der Waals surface area contributed by atoms with Gasteiger partial charge in [0, 0.05) is 71.1 Å². The lowest BCUT2D eigenvalue weighted by atomic mass is 10.3. The molecule has 1 heterocycles. The molecule has 0 aromatic heterocycles. The van der Waals surface area contributed by atoms with Crippen LogP contribution in [0.1, 0.15) is 89.0 Å². The largest absolute Gasteiger partial charge is 1.00 e. The van der Waals surface area contributed by atoms with Crippen molar-refractivity contribution in [2.45, 2.75) is 142 Å². The van der Waals surface area contributed by atoms with Crippen molar-refractivity contribution in [3.63, 3.8) is 0 Å². The van der Waals surface area contributed by atoms with Crippen LogP contribution in [0.25, 0.3) is 0 Å². The third-order valence-corrected chi connectivity index (χ3v) is 34.1. The summed E-state index contributed by atoms with van der Waals surface area (Å²) in [5, 5.41) is 10.1. The molecule has 1 atom stereocenters. The van der Waals surface area contributed by atoms with Crippen LogP contribution in [0.15, 0.2) is 0 Å². The lowest BCUT2D eigenvalue weighted by molar-refractivity contribution is -0.891. The van der Waals surface area contributed by atoms with E-state index in [4.69, 9.17) is 169 Å². The van der Waals surface area contributed by atoms with Crippen molar-refractivity contribution in [3.05, 3.63) is 0 Å². The van der Waals surface area contributed by atoms with Gasteiger partial charge in [-0.05, 0) is 13.5 Å². The van der Waals surface area contributed by atoms with Crippen LogP contribution in [0, 0.1) is 0 Å². The van der Waals surface area contributed by atoms with E-state index < -0.39 is 147 Å². The van der Waals surface area contributed by atoms with Crippen LogP contribution in [0.5, 0.6) is 0 Å². The summed E-state index contributed by atoms with van der Waals surface area (Å²) in [5.41, 5.74) is 0. The Hall–Kier alpha value is 9.44. The second-order valence-electron chi connectivity index (χ2n) is 14.1. The van der Waals surface area contributed by atoms with Crippen molar-refractivity contribution in [2.75, 3.05) is 104 Å². The van der Waals surface area contributed by atoms with E-state index in [1.807, 2.05) is 69.2 Å². The highest BCUT2D eigenvalue weighted by molar-refractivity contribution is 7.54. The number of halogens is 14. The highest BCUT2D eigenvalue weighted by Crippen LogP contribution is 2.00. The summed E-state index contributed by atoms with van der Waals surface area (Å²) in [6, 6.07) is 0. The van der Waals surface area contributed by atoms with Crippen LogP contribution in [0.2, 0.25) is 52.8 Å². The zero-order valence-corrected chi connectivity index (χ0v) is 73.3. The van der Waals surface area contributed by atoms with Gasteiger partial charge in [0.05, 0.1) is 19.6 Å². The number of likely N-dealkylation sites (N-methyl/N-ethyl adjacent to an activating group) is 1. The highest BCUT2D eigenvalue weighted by atomic mass is 35.8. The number of unbranched alkanes of at least 4 members (excludes halogenated alkanes) is 1. The van der Waals surface area contributed by atoms with Gasteiger partial charge in [-0.25, -0.2) is 131 Å². The van der Waals surface area contributed by atoms with Crippen molar-refractivity contribution < 1.29 is 55.2 Å². The molecule has 12 nitrogen and oxygen atoms in total. The Morgan fingerprint density at radius 2 is 0.480 bits per heavy atom. The SMILES string of the molecule is CCCC[NH+]1CCN(C)C1.C[CH2][Al]([Cl])[O]C.C[CH2][Al]([Cl])[O]C.C[CH2][Al]([Cl])[O]C.C[CH2][Al]([Cl])[O]C.C[CH2][Al]([Cl])[O]C.C[CH2][Al]([Cl])[O]C.C[CH2][Al]([Cl])[O]C.C[CH2][Al]([Cl])[O]C.C[CH2][Al]([Cl])[O]C.C[CH2][Al]([Cl])[O]C.[Cl-].[Cl][Al]([Cl])[Cl]. The quantitative estimate of drug-likeness (QED) is 0.0990. The first-order valence-electron chi connectivity index (χ1n) is 24.8. The maximum absolute atomic E-state index is 5.57. The summed E-state index contributed by atoms with van der Waals surface area (Å²) in [7, 11) is 89.3. The molecule has 0 aliphatic carbocycles. The van der Waals surface area contributed by atoms with Crippen molar-refractivity contribution >= 4 is 278 Å². The van der Waals surface area contributed by atoms with Crippen LogP contribution in [0.4, 0.5) is 0 Å². The van der Waals surface area contributed by atoms with Gasteiger partial charge in [-0.1, -0.05) is 135 Å². The molecule has 1 rings (SSSR count). The molecule has 1 N–H and O–H groups in total. The van der Waals surface area contributed by atoms with Gasteiger partial charge >= 0.3 is 147 Å². The maximum atomic E-state index is 5.57. The smallest absolute Gasteiger partial charge is 0.643 e. The molecule has 0 spiro atoms. The molecular formula is C38H99Al11Cl14N2O10. The lowest BCUT2D eigenvalue weighted by Crippen LogP contribution is -3.10. The van der Waals surface area contributed by atoms with E-state index in [9.17, 15) is 0 Å². The highest BCUT2D eigenvalue weighted by Gasteiger charge is 2.19. The monoisotopic (exact) mass is 1530 g/mol. The molecule has 37 heteroatoms. The third kappa shape index (κ3) is 142. The van der Waals surface area contributed by atoms with E-state index in [0.717, 1.165) is 52.8 Å². The minimum absolute atomic E-state index is 0. The molecule has 0 radical (unpaired) electrons. The van der Waals surface area contributed by atoms with Gasteiger partial charge in [0.2, 0.25) is 0 Å². The molecule has 1 aliphatic rings. The third-order valence-electron chi connectivity index (χ3n) is 7.99. The van der Waals surface area contributed by atoms with Gasteiger partial charge in [0.1, 0.15) is 6.67 Å².